The number of halogens is 6. The van der Waals surface area contributed by atoms with Crippen LogP contribution in [-0.2, 0) is 21.5 Å². The Balaban J connectivity index is 0.000000516. The monoisotopic (exact) mass is 450 g/mol. The van der Waals surface area contributed by atoms with Gasteiger partial charge in [-0.1, -0.05) is 20.8 Å². The number of rotatable bonds is 3. The first-order chi connectivity index (χ1) is 12.9. The van der Waals surface area contributed by atoms with Crippen LogP contribution in [-0.4, -0.2) is 57.5 Å². The number of hydrogen-bond acceptors (Lipinski definition) is 5. The Bertz CT molecular complexity index is 741. The third-order valence-electron chi connectivity index (χ3n) is 4.12. The Morgan fingerprint density at radius 3 is 2.00 bits per heavy atom. The summed E-state index contributed by atoms with van der Waals surface area (Å²) in [6, 6.07) is 0. The van der Waals surface area contributed by atoms with E-state index in [4.69, 9.17) is 15.0 Å². The maximum Gasteiger partial charge on any atom is 0.490 e. The van der Waals surface area contributed by atoms with Gasteiger partial charge in [0.2, 0.25) is 0 Å². The van der Waals surface area contributed by atoms with E-state index < -0.39 is 42.7 Å². The number of hydrogen-bond donors (Lipinski definition) is 2. The van der Waals surface area contributed by atoms with E-state index in [2.05, 4.69) is 4.98 Å². The van der Waals surface area contributed by atoms with E-state index in [-0.39, 0.29) is 12.0 Å². The molecule has 0 bridgehead atoms. The van der Waals surface area contributed by atoms with Crippen molar-refractivity contribution in [2.75, 3.05) is 13.1 Å². The quantitative estimate of drug-likeness (QED) is 0.679. The van der Waals surface area contributed by atoms with Crippen molar-refractivity contribution in [1.29, 1.82) is 0 Å². The maximum atomic E-state index is 13.1. The summed E-state index contributed by atoms with van der Waals surface area (Å²) < 4.78 is 71.1. The lowest BCUT2D eigenvalue weighted by Crippen LogP contribution is -2.47. The number of carboxylic acid groups (broad SMARTS) is 2. The standard InChI is InChI=1S/C14H19F3N2O2S.C2HF3O2/c1-12(2,3)10-18-6-9(22-10)7-19-5-4-13(8-19,11(20)21)14(15,16)17;3-2(4,5)1(6)7/h6H,4-5,7-8H2,1-3H3,(H,20,21);(H,6,7). The fraction of sp³-hybridized carbons (Fsp3) is 0.688. The number of likely N-dealkylation sites (tertiary alicyclic amines) is 1. The van der Waals surface area contributed by atoms with Gasteiger partial charge in [0.05, 0.1) is 5.01 Å². The summed E-state index contributed by atoms with van der Waals surface area (Å²) in [7, 11) is 0. The maximum absolute atomic E-state index is 13.1. The SMILES string of the molecule is CC(C)(C)c1ncc(CN2CCC(C(=O)O)(C(F)(F)F)C2)s1.O=C(O)C(F)(F)F. The highest BCUT2D eigenvalue weighted by molar-refractivity contribution is 7.11. The van der Waals surface area contributed by atoms with Gasteiger partial charge < -0.3 is 10.2 Å². The predicted octanol–water partition coefficient (Wildman–Crippen LogP) is 3.91. The summed E-state index contributed by atoms with van der Waals surface area (Å²) in [6.07, 6.45) is -8.56. The molecule has 0 aliphatic carbocycles. The van der Waals surface area contributed by atoms with E-state index >= 15 is 0 Å². The van der Waals surface area contributed by atoms with E-state index in [9.17, 15) is 31.1 Å². The summed E-state index contributed by atoms with van der Waals surface area (Å²) in [5, 5.41) is 17.1. The lowest BCUT2D eigenvalue weighted by Gasteiger charge is -2.27. The lowest BCUT2D eigenvalue weighted by atomic mass is 9.86. The Kier molecular flexibility index (Phi) is 7.34. The zero-order valence-electron chi connectivity index (χ0n) is 15.7. The molecule has 0 spiro atoms. The second-order valence-electron chi connectivity index (χ2n) is 7.53. The van der Waals surface area contributed by atoms with E-state index in [1.807, 2.05) is 20.8 Å². The molecule has 1 unspecified atom stereocenters. The average molecular weight is 450 g/mol. The van der Waals surface area contributed by atoms with Gasteiger partial charge in [-0.05, 0) is 6.42 Å². The first-order valence-electron chi connectivity index (χ1n) is 8.18. The zero-order chi connectivity index (χ0) is 22.8. The molecule has 0 aromatic carbocycles. The smallest absolute Gasteiger partial charge is 0.481 e. The van der Waals surface area contributed by atoms with Crippen molar-refractivity contribution in [1.82, 2.24) is 9.88 Å². The Labute approximate surface area is 166 Å². The molecule has 0 saturated carbocycles. The fourth-order valence-corrected chi connectivity index (χ4v) is 3.51. The van der Waals surface area contributed by atoms with E-state index in [0.717, 1.165) is 9.88 Å². The second kappa shape index (κ2) is 8.46. The zero-order valence-corrected chi connectivity index (χ0v) is 16.5. The van der Waals surface area contributed by atoms with Crippen molar-refractivity contribution in [3.05, 3.63) is 16.1 Å². The summed E-state index contributed by atoms with van der Waals surface area (Å²) in [6.45, 7) is 5.97. The Morgan fingerprint density at radius 2 is 1.69 bits per heavy atom. The highest BCUT2D eigenvalue weighted by Gasteiger charge is 2.63. The topological polar surface area (TPSA) is 90.7 Å². The van der Waals surface area contributed by atoms with Gasteiger partial charge >= 0.3 is 24.3 Å². The summed E-state index contributed by atoms with van der Waals surface area (Å²) in [5.74, 6) is -4.55. The molecule has 0 amide bonds. The van der Waals surface area contributed by atoms with Crippen LogP contribution in [0.5, 0.6) is 0 Å². The highest BCUT2D eigenvalue weighted by Crippen LogP contribution is 2.46. The third kappa shape index (κ3) is 6.29. The van der Waals surface area contributed by atoms with Gasteiger partial charge in [-0.3, -0.25) is 9.69 Å². The molecule has 6 nitrogen and oxygen atoms in total. The lowest BCUT2D eigenvalue weighted by molar-refractivity contribution is -0.227. The number of aromatic nitrogens is 1. The molecule has 1 aliphatic heterocycles. The van der Waals surface area contributed by atoms with Crippen LogP contribution in [0.25, 0.3) is 0 Å². The van der Waals surface area contributed by atoms with Crippen LogP contribution in [0.3, 0.4) is 0 Å². The molecule has 29 heavy (non-hydrogen) atoms. The van der Waals surface area contributed by atoms with Crippen LogP contribution in [0.15, 0.2) is 6.20 Å². The van der Waals surface area contributed by atoms with Crippen molar-refractivity contribution in [3.63, 3.8) is 0 Å². The Hall–Kier alpha value is -1.89. The molecule has 2 rings (SSSR count). The van der Waals surface area contributed by atoms with E-state index in [1.165, 1.54) is 11.3 Å². The molecule has 1 atom stereocenters. The number of alkyl halides is 6. The van der Waals surface area contributed by atoms with Crippen LogP contribution >= 0.6 is 11.3 Å². The average Bonchev–Trinajstić information content (AvgIpc) is 3.13. The van der Waals surface area contributed by atoms with E-state index in [0.29, 0.717) is 6.54 Å². The molecule has 1 fully saturated rings. The number of carbonyl (C=O) groups is 2. The normalized spacial score (nSPS) is 20.9. The minimum absolute atomic E-state index is 0.106. The van der Waals surface area contributed by atoms with Crippen molar-refractivity contribution in [2.24, 2.45) is 5.41 Å². The second-order valence-corrected chi connectivity index (χ2v) is 8.65. The van der Waals surface area contributed by atoms with Gasteiger partial charge in [0, 0.05) is 36.1 Å². The van der Waals surface area contributed by atoms with Gasteiger partial charge in [0.1, 0.15) is 0 Å². The molecule has 1 aromatic heterocycles. The minimum Gasteiger partial charge on any atom is -0.481 e. The molecule has 2 heterocycles. The van der Waals surface area contributed by atoms with Crippen molar-refractivity contribution in [2.45, 2.75) is 51.5 Å². The first kappa shape index (κ1) is 25.1. The van der Waals surface area contributed by atoms with Gasteiger partial charge in [0.15, 0.2) is 5.41 Å². The highest BCUT2D eigenvalue weighted by atomic mass is 32.1. The molecule has 1 aliphatic rings. The molecule has 0 radical (unpaired) electrons. The molecule has 1 saturated heterocycles. The van der Waals surface area contributed by atoms with Crippen LogP contribution in [0.4, 0.5) is 26.3 Å². The first-order valence-corrected chi connectivity index (χ1v) is 8.99. The number of carboxylic acids is 2. The van der Waals surface area contributed by atoms with Gasteiger partial charge in [-0.15, -0.1) is 11.3 Å². The largest absolute Gasteiger partial charge is 0.490 e. The van der Waals surface area contributed by atoms with Crippen molar-refractivity contribution < 1.29 is 46.1 Å². The molecule has 166 valence electrons. The van der Waals surface area contributed by atoms with Gasteiger partial charge in [-0.2, -0.15) is 26.3 Å². The third-order valence-corrected chi connectivity index (χ3v) is 5.53. The molecule has 13 heteroatoms. The summed E-state index contributed by atoms with van der Waals surface area (Å²) in [5.41, 5.74) is -2.75. The van der Waals surface area contributed by atoms with Crippen LogP contribution < -0.4 is 0 Å². The predicted molar refractivity (Wildman–Crippen MR) is 90.5 cm³/mol. The van der Waals surface area contributed by atoms with Crippen LogP contribution in [0.2, 0.25) is 0 Å². The number of nitrogens with zero attached hydrogens (tertiary/aromatic N) is 2. The van der Waals surface area contributed by atoms with Gasteiger partial charge in [0.25, 0.3) is 0 Å². The molecule has 2 N–H and O–H groups in total. The number of aliphatic carboxylic acids is 2. The number of thiazole rings is 1. The van der Waals surface area contributed by atoms with Gasteiger partial charge in [-0.25, -0.2) is 9.78 Å². The summed E-state index contributed by atoms with van der Waals surface area (Å²) in [4.78, 5) is 26.7. The molecule has 1 aromatic rings. The van der Waals surface area contributed by atoms with Crippen LogP contribution in [0.1, 0.15) is 37.1 Å². The fourth-order valence-electron chi connectivity index (χ4n) is 2.50. The van der Waals surface area contributed by atoms with Crippen molar-refractivity contribution >= 4 is 23.3 Å². The van der Waals surface area contributed by atoms with E-state index in [1.54, 1.807) is 11.1 Å². The molecular weight excluding hydrogens is 430 g/mol. The minimum atomic E-state index is -5.08. The summed E-state index contributed by atoms with van der Waals surface area (Å²) >= 11 is 1.46. The van der Waals surface area contributed by atoms with Crippen molar-refractivity contribution in [3.8, 4) is 0 Å². The van der Waals surface area contributed by atoms with Crippen LogP contribution in [0, 0.1) is 5.41 Å². The Morgan fingerprint density at radius 1 is 1.17 bits per heavy atom. The molecular formula is C16H20F6N2O4S.